The molecule has 1 atom stereocenters. The summed E-state index contributed by atoms with van der Waals surface area (Å²) in [6.07, 6.45) is 1.25. The SMILES string of the molecule is CCNC(=NCC(C)(C)S(C)(=O)=O)NCC(C)COCc1ccccc1. The third-order valence-corrected chi connectivity index (χ3v) is 6.23. The predicted molar refractivity (Wildman–Crippen MR) is 108 cm³/mol. The zero-order valence-electron chi connectivity index (χ0n) is 16.6. The normalized spacial score (nSPS) is 14.1. The Balaban J connectivity index is 2.45. The summed E-state index contributed by atoms with van der Waals surface area (Å²) in [6, 6.07) is 10.1. The molecule has 0 aromatic heterocycles. The summed E-state index contributed by atoms with van der Waals surface area (Å²) in [5.41, 5.74) is 1.16. The number of ether oxygens (including phenoxy) is 1. The molecule has 0 aliphatic rings. The van der Waals surface area contributed by atoms with Gasteiger partial charge in [0.1, 0.15) is 0 Å². The van der Waals surface area contributed by atoms with Crippen molar-refractivity contribution in [2.24, 2.45) is 10.9 Å². The molecule has 7 heteroatoms. The van der Waals surface area contributed by atoms with Crippen molar-refractivity contribution in [2.45, 2.75) is 39.0 Å². The van der Waals surface area contributed by atoms with Crippen LogP contribution in [0.25, 0.3) is 0 Å². The molecule has 1 aromatic rings. The molecular weight excluding hydrogens is 350 g/mol. The van der Waals surface area contributed by atoms with Crippen LogP contribution < -0.4 is 10.6 Å². The van der Waals surface area contributed by atoms with E-state index in [0.717, 1.165) is 5.56 Å². The number of guanidine groups is 1. The summed E-state index contributed by atoms with van der Waals surface area (Å²) in [4.78, 5) is 4.43. The first-order valence-corrected chi connectivity index (χ1v) is 10.9. The zero-order chi connectivity index (χ0) is 19.6. The summed E-state index contributed by atoms with van der Waals surface area (Å²) >= 11 is 0. The fourth-order valence-corrected chi connectivity index (χ4v) is 2.31. The second-order valence-corrected chi connectivity index (χ2v) is 9.86. The van der Waals surface area contributed by atoms with E-state index in [1.54, 1.807) is 13.8 Å². The fourth-order valence-electron chi connectivity index (χ4n) is 2.01. The third-order valence-electron chi connectivity index (χ3n) is 4.10. The van der Waals surface area contributed by atoms with Crippen molar-refractivity contribution in [1.29, 1.82) is 0 Å². The maximum Gasteiger partial charge on any atom is 0.191 e. The van der Waals surface area contributed by atoms with Crippen LogP contribution in [0, 0.1) is 5.92 Å². The standard InChI is InChI=1S/C19H33N3O3S/c1-6-20-18(22-15-19(3,4)26(5,23)24)21-12-16(2)13-25-14-17-10-8-7-9-11-17/h7-11,16H,6,12-15H2,1-5H3,(H2,20,21,22). The molecule has 0 aliphatic heterocycles. The second kappa shape index (κ2) is 10.5. The third kappa shape index (κ3) is 8.19. The van der Waals surface area contributed by atoms with Crippen molar-refractivity contribution >= 4 is 15.8 Å². The summed E-state index contributed by atoms with van der Waals surface area (Å²) in [5, 5.41) is 6.40. The highest BCUT2D eigenvalue weighted by molar-refractivity contribution is 7.92. The highest BCUT2D eigenvalue weighted by Gasteiger charge is 2.29. The van der Waals surface area contributed by atoms with Gasteiger partial charge in [-0.05, 0) is 32.3 Å². The van der Waals surface area contributed by atoms with Gasteiger partial charge in [0.25, 0.3) is 0 Å². The van der Waals surface area contributed by atoms with Crippen LogP contribution in [0.3, 0.4) is 0 Å². The fraction of sp³-hybridized carbons (Fsp3) is 0.632. The molecule has 0 amide bonds. The average Bonchev–Trinajstić information content (AvgIpc) is 2.57. The number of hydrogen-bond acceptors (Lipinski definition) is 4. The number of rotatable bonds is 10. The van der Waals surface area contributed by atoms with Gasteiger partial charge in [-0.15, -0.1) is 0 Å². The monoisotopic (exact) mass is 383 g/mol. The van der Waals surface area contributed by atoms with Gasteiger partial charge in [0.2, 0.25) is 0 Å². The van der Waals surface area contributed by atoms with Crippen molar-refractivity contribution in [1.82, 2.24) is 10.6 Å². The minimum Gasteiger partial charge on any atom is -0.376 e. The molecule has 1 rings (SSSR count). The van der Waals surface area contributed by atoms with E-state index in [1.807, 2.05) is 37.3 Å². The zero-order valence-corrected chi connectivity index (χ0v) is 17.4. The van der Waals surface area contributed by atoms with Crippen molar-refractivity contribution in [3.63, 3.8) is 0 Å². The van der Waals surface area contributed by atoms with Gasteiger partial charge in [-0.3, -0.25) is 4.99 Å². The summed E-state index contributed by atoms with van der Waals surface area (Å²) in [6.45, 7) is 10.3. The largest absolute Gasteiger partial charge is 0.376 e. The molecule has 0 heterocycles. The molecule has 0 bridgehead atoms. The van der Waals surface area contributed by atoms with Crippen LogP contribution in [0.5, 0.6) is 0 Å². The van der Waals surface area contributed by atoms with Crippen LogP contribution in [0.15, 0.2) is 35.3 Å². The lowest BCUT2D eigenvalue weighted by Crippen LogP contribution is -2.42. The van der Waals surface area contributed by atoms with Crippen LogP contribution in [-0.2, 0) is 21.2 Å². The molecule has 2 N–H and O–H groups in total. The Morgan fingerprint density at radius 2 is 1.88 bits per heavy atom. The molecule has 148 valence electrons. The number of benzene rings is 1. The van der Waals surface area contributed by atoms with Crippen LogP contribution in [0.1, 0.15) is 33.3 Å². The molecular formula is C19H33N3O3S. The smallest absolute Gasteiger partial charge is 0.191 e. The number of aliphatic imine (C=N–C) groups is 1. The lowest BCUT2D eigenvalue weighted by molar-refractivity contribution is 0.0931. The molecule has 0 fully saturated rings. The maximum atomic E-state index is 11.8. The molecule has 1 aromatic carbocycles. The van der Waals surface area contributed by atoms with E-state index < -0.39 is 14.6 Å². The molecule has 0 saturated heterocycles. The van der Waals surface area contributed by atoms with Gasteiger partial charge in [-0.1, -0.05) is 37.3 Å². The molecule has 0 aliphatic carbocycles. The van der Waals surface area contributed by atoms with Gasteiger partial charge in [0, 0.05) is 19.3 Å². The number of nitrogens with zero attached hydrogens (tertiary/aromatic N) is 1. The molecule has 6 nitrogen and oxygen atoms in total. The molecule has 0 spiro atoms. The van der Waals surface area contributed by atoms with Gasteiger partial charge in [0.05, 0.1) is 24.5 Å². The van der Waals surface area contributed by atoms with Crippen molar-refractivity contribution in [2.75, 3.05) is 32.5 Å². The minimum atomic E-state index is -3.17. The quantitative estimate of drug-likeness (QED) is 0.478. The van der Waals surface area contributed by atoms with Gasteiger partial charge < -0.3 is 15.4 Å². The van der Waals surface area contributed by atoms with Crippen LogP contribution in [0.4, 0.5) is 0 Å². The number of nitrogens with one attached hydrogen (secondary N) is 2. The Labute approximate surface area is 158 Å². The lowest BCUT2D eigenvalue weighted by atomic mass is 10.2. The van der Waals surface area contributed by atoms with E-state index in [0.29, 0.717) is 38.2 Å². The highest BCUT2D eigenvalue weighted by atomic mass is 32.2. The Kier molecular flexibility index (Phi) is 9.08. The summed E-state index contributed by atoms with van der Waals surface area (Å²) < 4.78 is 28.5. The average molecular weight is 384 g/mol. The number of hydrogen-bond donors (Lipinski definition) is 2. The summed E-state index contributed by atoms with van der Waals surface area (Å²) in [7, 11) is -3.17. The topological polar surface area (TPSA) is 79.8 Å². The van der Waals surface area contributed by atoms with Crippen molar-refractivity contribution in [3.05, 3.63) is 35.9 Å². The van der Waals surface area contributed by atoms with Gasteiger partial charge >= 0.3 is 0 Å². The second-order valence-electron chi connectivity index (χ2n) is 7.21. The van der Waals surface area contributed by atoms with E-state index in [4.69, 9.17) is 4.74 Å². The summed E-state index contributed by atoms with van der Waals surface area (Å²) in [5.74, 6) is 0.921. The first-order chi connectivity index (χ1) is 12.2. The van der Waals surface area contributed by atoms with E-state index in [-0.39, 0.29) is 6.54 Å². The van der Waals surface area contributed by atoms with E-state index in [1.165, 1.54) is 6.26 Å². The first-order valence-electron chi connectivity index (χ1n) is 8.99. The van der Waals surface area contributed by atoms with E-state index in [2.05, 4.69) is 22.5 Å². The predicted octanol–water partition coefficient (Wildman–Crippen LogP) is 2.22. The van der Waals surface area contributed by atoms with Crippen LogP contribution >= 0.6 is 0 Å². The van der Waals surface area contributed by atoms with Gasteiger partial charge in [0.15, 0.2) is 15.8 Å². The van der Waals surface area contributed by atoms with Crippen molar-refractivity contribution < 1.29 is 13.2 Å². The number of sulfone groups is 1. The van der Waals surface area contributed by atoms with Crippen LogP contribution in [-0.4, -0.2) is 51.6 Å². The lowest BCUT2D eigenvalue weighted by Gasteiger charge is -2.21. The van der Waals surface area contributed by atoms with Gasteiger partial charge in [-0.2, -0.15) is 0 Å². The Bertz CT molecular complexity index is 658. The first kappa shape index (κ1) is 22.4. The van der Waals surface area contributed by atoms with Crippen molar-refractivity contribution in [3.8, 4) is 0 Å². The van der Waals surface area contributed by atoms with E-state index in [9.17, 15) is 8.42 Å². The van der Waals surface area contributed by atoms with Crippen LogP contribution in [0.2, 0.25) is 0 Å². The molecule has 1 unspecified atom stereocenters. The molecule has 26 heavy (non-hydrogen) atoms. The Hall–Kier alpha value is -1.60. The van der Waals surface area contributed by atoms with E-state index >= 15 is 0 Å². The van der Waals surface area contributed by atoms with Gasteiger partial charge in [-0.25, -0.2) is 8.42 Å². The Morgan fingerprint density at radius 3 is 2.46 bits per heavy atom. The minimum absolute atomic E-state index is 0.208. The Morgan fingerprint density at radius 1 is 1.23 bits per heavy atom. The molecule has 0 radical (unpaired) electrons. The highest BCUT2D eigenvalue weighted by Crippen LogP contribution is 2.15. The maximum absolute atomic E-state index is 11.8. The molecule has 0 saturated carbocycles.